The number of aromatic nitrogens is 1. The Hall–Kier alpha value is -2.36. The van der Waals surface area contributed by atoms with Gasteiger partial charge in [-0.3, -0.25) is 9.78 Å². The zero-order valence-electron chi connectivity index (χ0n) is 14.4. The molecular weight excluding hydrogens is 286 g/mol. The molecule has 2 aromatic rings. The van der Waals surface area contributed by atoms with Gasteiger partial charge in [-0.2, -0.15) is 0 Å². The van der Waals surface area contributed by atoms with Crippen LogP contribution < -0.4 is 10.2 Å². The van der Waals surface area contributed by atoms with Gasteiger partial charge in [-0.15, -0.1) is 0 Å². The number of anilines is 2. The predicted octanol–water partition coefficient (Wildman–Crippen LogP) is 4.19. The van der Waals surface area contributed by atoms with Gasteiger partial charge in [0.05, 0.1) is 0 Å². The monoisotopic (exact) mass is 311 g/mol. The molecule has 122 valence electrons. The van der Waals surface area contributed by atoms with Crippen LogP contribution in [0.25, 0.3) is 0 Å². The number of benzene rings is 1. The standard InChI is InChI=1S/C19H25N3O/c1-5-6-12-22(4)16-10-11-20-17(13-16)19(23)21-18-14(2)8-7-9-15(18)3/h7-11,13H,5-6,12H2,1-4H3,(H,21,23). The highest BCUT2D eigenvalue weighted by atomic mass is 16.1. The van der Waals surface area contributed by atoms with Crippen molar-refractivity contribution in [3.05, 3.63) is 53.3 Å². The number of para-hydroxylation sites is 1. The molecule has 0 spiro atoms. The Morgan fingerprint density at radius 1 is 1.22 bits per heavy atom. The summed E-state index contributed by atoms with van der Waals surface area (Å²) in [5.41, 5.74) is 4.42. The lowest BCUT2D eigenvalue weighted by Gasteiger charge is -2.19. The van der Waals surface area contributed by atoms with E-state index >= 15 is 0 Å². The van der Waals surface area contributed by atoms with Crippen LogP contribution in [0.1, 0.15) is 41.4 Å². The Balaban J connectivity index is 2.17. The maximum atomic E-state index is 12.5. The first-order valence-electron chi connectivity index (χ1n) is 8.07. The van der Waals surface area contributed by atoms with Gasteiger partial charge in [-0.1, -0.05) is 31.5 Å². The van der Waals surface area contributed by atoms with Crippen molar-refractivity contribution >= 4 is 17.3 Å². The summed E-state index contributed by atoms with van der Waals surface area (Å²) < 4.78 is 0. The number of carbonyl (C=O) groups is 1. The van der Waals surface area contributed by atoms with Crippen molar-refractivity contribution in [2.75, 3.05) is 23.8 Å². The molecule has 1 heterocycles. The first kappa shape index (κ1) is 17.0. The Morgan fingerprint density at radius 3 is 2.57 bits per heavy atom. The molecule has 0 aliphatic heterocycles. The largest absolute Gasteiger partial charge is 0.374 e. The van der Waals surface area contributed by atoms with Crippen molar-refractivity contribution in [3.63, 3.8) is 0 Å². The van der Waals surface area contributed by atoms with Crippen LogP contribution in [-0.2, 0) is 0 Å². The molecular formula is C19H25N3O. The number of unbranched alkanes of at least 4 members (excludes halogenated alkanes) is 1. The number of rotatable bonds is 6. The van der Waals surface area contributed by atoms with E-state index in [-0.39, 0.29) is 5.91 Å². The molecule has 0 saturated heterocycles. The van der Waals surface area contributed by atoms with Gasteiger partial charge < -0.3 is 10.2 Å². The van der Waals surface area contributed by atoms with E-state index in [1.54, 1.807) is 6.20 Å². The number of nitrogens with zero attached hydrogens (tertiary/aromatic N) is 2. The van der Waals surface area contributed by atoms with Crippen LogP contribution in [0, 0.1) is 13.8 Å². The molecule has 4 heteroatoms. The third-order valence-corrected chi connectivity index (χ3v) is 3.98. The summed E-state index contributed by atoms with van der Waals surface area (Å²) >= 11 is 0. The van der Waals surface area contributed by atoms with Crippen LogP contribution in [0.4, 0.5) is 11.4 Å². The zero-order chi connectivity index (χ0) is 16.8. The van der Waals surface area contributed by atoms with Crippen molar-refractivity contribution < 1.29 is 4.79 Å². The number of pyridine rings is 1. The van der Waals surface area contributed by atoms with Crippen LogP contribution >= 0.6 is 0 Å². The van der Waals surface area contributed by atoms with Crippen LogP contribution in [0.15, 0.2) is 36.5 Å². The zero-order valence-corrected chi connectivity index (χ0v) is 14.4. The second-order valence-electron chi connectivity index (χ2n) is 5.90. The molecule has 2 rings (SSSR count). The van der Waals surface area contributed by atoms with Crippen LogP contribution in [-0.4, -0.2) is 24.5 Å². The van der Waals surface area contributed by atoms with Crippen molar-refractivity contribution in [2.24, 2.45) is 0 Å². The molecule has 0 radical (unpaired) electrons. The van der Waals surface area contributed by atoms with E-state index in [1.807, 2.05) is 51.2 Å². The van der Waals surface area contributed by atoms with E-state index in [9.17, 15) is 4.79 Å². The minimum Gasteiger partial charge on any atom is -0.374 e. The lowest BCUT2D eigenvalue weighted by atomic mass is 10.1. The molecule has 4 nitrogen and oxygen atoms in total. The third kappa shape index (κ3) is 4.31. The second-order valence-corrected chi connectivity index (χ2v) is 5.90. The summed E-state index contributed by atoms with van der Waals surface area (Å²) in [6.07, 6.45) is 3.97. The average molecular weight is 311 g/mol. The highest BCUT2D eigenvalue weighted by Crippen LogP contribution is 2.21. The van der Waals surface area contributed by atoms with Gasteiger partial charge in [0.1, 0.15) is 5.69 Å². The van der Waals surface area contributed by atoms with E-state index in [1.165, 1.54) is 0 Å². The van der Waals surface area contributed by atoms with E-state index in [2.05, 4.69) is 22.1 Å². The number of hydrogen-bond donors (Lipinski definition) is 1. The molecule has 1 N–H and O–H groups in total. The van der Waals surface area contributed by atoms with Crippen LogP contribution in [0.2, 0.25) is 0 Å². The predicted molar refractivity (Wildman–Crippen MR) is 96.3 cm³/mol. The number of nitrogens with one attached hydrogen (secondary N) is 1. The molecule has 0 aliphatic rings. The maximum absolute atomic E-state index is 12.5. The fourth-order valence-electron chi connectivity index (χ4n) is 2.49. The van der Waals surface area contributed by atoms with Crippen molar-refractivity contribution in [1.82, 2.24) is 4.98 Å². The molecule has 1 aromatic carbocycles. The third-order valence-electron chi connectivity index (χ3n) is 3.98. The molecule has 0 unspecified atom stereocenters. The summed E-state index contributed by atoms with van der Waals surface area (Å²) in [5, 5.41) is 2.98. The fraction of sp³-hybridized carbons (Fsp3) is 0.368. The van der Waals surface area contributed by atoms with Crippen molar-refractivity contribution in [3.8, 4) is 0 Å². The van der Waals surface area contributed by atoms with Gasteiger partial charge in [-0.25, -0.2) is 0 Å². The average Bonchev–Trinajstić information content (AvgIpc) is 2.56. The van der Waals surface area contributed by atoms with Gasteiger partial charge in [0, 0.05) is 31.2 Å². The maximum Gasteiger partial charge on any atom is 0.274 e. The van der Waals surface area contributed by atoms with Gasteiger partial charge in [0.2, 0.25) is 0 Å². The van der Waals surface area contributed by atoms with E-state index in [4.69, 9.17) is 0 Å². The Labute approximate surface area is 138 Å². The highest BCUT2D eigenvalue weighted by molar-refractivity contribution is 6.04. The van der Waals surface area contributed by atoms with E-state index in [0.717, 1.165) is 41.9 Å². The van der Waals surface area contributed by atoms with Gasteiger partial charge in [0.15, 0.2) is 0 Å². The molecule has 0 saturated carbocycles. The van der Waals surface area contributed by atoms with Crippen molar-refractivity contribution in [2.45, 2.75) is 33.6 Å². The van der Waals surface area contributed by atoms with E-state index in [0.29, 0.717) is 5.69 Å². The summed E-state index contributed by atoms with van der Waals surface area (Å²) in [5.74, 6) is -0.173. The minimum atomic E-state index is -0.173. The van der Waals surface area contributed by atoms with Gasteiger partial charge in [-0.05, 0) is 43.5 Å². The topological polar surface area (TPSA) is 45.2 Å². The lowest BCUT2D eigenvalue weighted by Crippen LogP contribution is -2.20. The Kier molecular flexibility index (Phi) is 5.74. The normalized spacial score (nSPS) is 10.4. The Morgan fingerprint density at radius 2 is 1.91 bits per heavy atom. The van der Waals surface area contributed by atoms with Crippen molar-refractivity contribution in [1.29, 1.82) is 0 Å². The number of hydrogen-bond acceptors (Lipinski definition) is 3. The fourth-order valence-corrected chi connectivity index (χ4v) is 2.49. The summed E-state index contributed by atoms with van der Waals surface area (Å²) in [7, 11) is 2.04. The molecule has 0 atom stereocenters. The first-order chi connectivity index (χ1) is 11.0. The molecule has 0 fully saturated rings. The molecule has 0 bridgehead atoms. The number of amides is 1. The number of aryl methyl sites for hydroxylation is 2. The number of carbonyl (C=O) groups excluding carboxylic acids is 1. The SMILES string of the molecule is CCCCN(C)c1ccnc(C(=O)Nc2c(C)cccc2C)c1. The lowest BCUT2D eigenvalue weighted by molar-refractivity contribution is 0.102. The van der Waals surface area contributed by atoms with Crippen LogP contribution in [0.5, 0.6) is 0 Å². The molecule has 0 aliphatic carbocycles. The Bertz CT molecular complexity index is 662. The minimum absolute atomic E-state index is 0.173. The van der Waals surface area contributed by atoms with Gasteiger partial charge in [0.25, 0.3) is 5.91 Å². The highest BCUT2D eigenvalue weighted by Gasteiger charge is 2.12. The van der Waals surface area contributed by atoms with Gasteiger partial charge >= 0.3 is 0 Å². The first-order valence-corrected chi connectivity index (χ1v) is 8.07. The summed E-state index contributed by atoms with van der Waals surface area (Å²) in [6, 6.07) is 9.75. The molecule has 1 aromatic heterocycles. The second kappa shape index (κ2) is 7.77. The molecule has 23 heavy (non-hydrogen) atoms. The quantitative estimate of drug-likeness (QED) is 0.870. The smallest absolute Gasteiger partial charge is 0.274 e. The summed E-state index contributed by atoms with van der Waals surface area (Å²) in [4.78, 5) is 18.9. The van der Waals surface area contributed by atoms with E-state index < -0.39 is 0 Å². The molecule has 1 amide bonds. The summed E-state index contributed by atoms with van der Waals surface area (Å²) in [6.45, 7) is 7.12. The van der Waals surface area contributed by atoms with Crippen LogP contribution in [0.3, 0.4) is 0 Å².